The number of nitriles is 1. The van der Waals surface area contributed by atoms with Gasteiger partial charge in [0.05, 0.1) is 17.4 Å². The van der Waals surface area contributed by atoms with E-state index in [1.807, 2.05) is 13.0 Å². The van der Waals surface area contributed by atoms with Crippen molar-refractivity contribution in [1.29, 1.82) is 5.26 Å². The van der Waals surface area contributed by atoms with Gasteiger partial charge in [-0.2, -0.15) is 9.57 Å². The summed E-state index contributed by atoms with van der Waals surface area (Å²) < 4.78 is 26.4. The van der Waals surface area contributed by atoms with Crippen LogP contribution in [0.2, 0.25) is 0 Å². The second-order valence-electron chi connectivity index (χ2n) is 5.48. The standard InChI is InChI=1S/C15H22N2O2S/c1-12(2)11-13(3)17(4)20(18,19)15-7-5-14(6-8-15)9-10-16/h5-8,12-13H,9,11H2,1-4H3. The van der Waals surface area contributed by atoms with E-state index in [4.69, 9.17) is 5.26 Å². The highest BCUT2D eigenvalue weighted by atomic mass is 32.2. The van der Waals surface area contributed by atoms with E-state index >= 15 is 0 Å². The van der Waals surface area contributed by atoms with E-state index in [9.17, 15) is 8.42 Å². The Balaban J connectivity index is 2.95. The third-order valence-corrected chi connectivity index (χ3v) is 5.30. The second-order valence-corrected chi connectivity index (χ2v) is 7.48. The van der Waals surface area contributed by atoms with Gasteiger partial charge >= 0.3 is 0 Å². The zero-order chi connectivity index (χ0) is 15.3. The molecule has 1 rings (SSSR count). The van der Waals surface area contributed by atoms with E-state index in [0.29, 0.717) is 12.3 Å². The normalized spacial score (nSPS) is 13.4. The smallest absolute Gasteiger partial charge is 0.207 e. The maximum absolute atomic E-state index is 12.5. The molecule has 0 aliphatic heterocycles. The Hall–Kier alpha value is -1.38. The van der Waals surface area contributed by atoms with Crippen LogP contribution in [0.1, 0.15) is 32.8 Å². The van der Waals surface area contributed by atoms with Gasteiger partial charge in [0.2, 0.25) is 10.0 Å². The zero-order valence-electron chi connectivity index (χ0n) is 12.5. The first-order valence-electron chi connectivity index (χ1n) is 6.73. The fourth-order valence-corrected chi connectivity index (χ4v) is 3.48. The highest BCUT2D eigenvalue weighted by Crippen LogP contribution is 2.20. The summed E-state index contributed by atoms with van der Waals surface area (Å²) in [5.41, 5.74) is 0.823. The quantitative estimate of drug-likeness (QED) is 0.810. The van der Waals surface area contributed by atoms with Crippen molar-refractivity contribution in [3.8, 4) is 6.07 Å². The van der Waals surface area contributed by atoms with Gasteiger partial charge in [-0.05, 0) is 37.0 Å². The topological polar surface area (TPSA) is 61.2 Å². The van der Waals surface area contributed by atoms with E-state index < -0.39 is 10.0 Å². The maximum atomic E-state index is 12.5. The molecule has 1 aromatic rings. The van der Waals surface area contributed by atoms with Gasteiger partial charge in [0.15, 0.2) is 0 Å². The molecule has 0 radical (unpaired) electrons. The molecule has 0 bridgehead atoms. The van der Waals surface area contributed by atoms with Crippen molar-refractivity contribution in [1.82, 2.24) is 4.31 Å². The molecule has 20 heavy (non-hydrogen) atoms. The van der Waals surface area contributed by atoms with Crippen molar-refractivity contribution in [2.24, 2.45) is 5.92 Å². The van der Waals surface area contributed by atoms with Gasteiger partial charge in [0.25, 0.3) is 0 Å². The van der Waals surface area contributed by atoms with Crippen LogP contribution in [0.25, 0.3) is 0 Å². The van der Waals surface area contributed by atoms with Crippen LogP contribution in [-0.2, 0) is 16.4 Å². The number of rotatable bonds is 6. The van der Waals surface area contributed by atoms with Crippen molar-refractivity contribution in [2.75, 3.05) is 7.05 Å². The Bertz CT molecular complexity index is 571. The molecule has 0 saturated heterocycles. The maximum Gasteiger partial charge on any atom is 0.243 e. The fraction of sp³-hybridized carbons (Fsp3) is 0.533. The van der Waals surface area contributed by atoms with Crippen LogP contribution >= 0.6 is 0 Å². The highest BCUT2D eigenvalue weighted by Gasteiger charge is 2.25. The van der Waals surface area contributed by atoms with Crippen LogP contribution in [-0.4, -0.2) is 25.8 Å². The Kier molecular flexibility index (Phi) is 5.73. The van der Waals surface area contributed by atoms with Gasteiger partial charge in [0, 0.05) is 13.1 Å². The van der Waals surface area contributed by atoms with Crippen molar-refractivity contribution in [3.05, 3.63) is 29.8 Å². The summed E-state index contributed by atoms with van der Waals surface area (Å²) in [6, 6.07) is 8.53. The Morgan fingerprint density at radius 1 is 1.20 bits per heavy atom. The lowest BCUT2D eigenvalue weighted by Crippen LogP contribution is -2.35. The van der Waals surface area contributed by atoms with Crippen LogP contribution in [0.15, 0.2) is 29.2 Å². The summed E-state index contributed by atoms with van der Waals surface area (Å²) in [7, 11) is -1.85. The molecule has 5 heteroatoms. The average molecular weight is 294 g/mol. The van der Waals surface area contributed by atoms with Crippen molar-refractivity contribution < 1.29 is 8.42 Å². The Morgan fingerprint density at radius 3 is 2.20 bits per heavy atom. The molecule has 110 valence electrons. The lowest BCUT2D eigenvalue weighted by molar-refractivity contribution is 0.338. The molecule has 1 unspecified atom stereocenters. The van der Waals surface area contributed by atoms with Crippen LogP contribution in [0.4, 0.5) is 0 Å². The van der Waals surface area contributed by atoms with Gasteiger partial charge in [-0.25, -0.2) is 8.42 Å². The molecule has 0 spiro atoms. The van der Waals surface area contributed by atoms with Crippen molar-refractivity contribution in [3.63, 3.8) is 0 Å². The molecule has 0 aliphatic carbocycles. The number of hydrogen-bond donors (Lipinski definition) is 0. The molecular weight excluding hydrogens is 272 g/mol. The number of nitrogens with zero attached hydrogens (tertiary/aromatic N) is 2. The minimum absolute atomic E-state index is 0.0428. The third kappa shape index (κ3) is 4.06. The zero-order valence-corrected chi connectivity index (χ0v) is 13.3. The van der Waals surface area contributed by atoms with Gasteiger partial charge < -0.3 is 0 Å². The summed E-state index contributed by atoms with van der Waals surface area (Å²) in [6.45, 7) is 6.07. The highest BCUT2D eigenvalue weighted by molar-refractivity contribution is 7.89. The number of sulfonamides is 1. The van der Waals surface area contributed by atoms with E-state index in [2.05, 4.69) is 13.8 Å². The molecule has 0 amide bonds. The second kappa shape index (κ2) is 6.87. The monoisotopic (exact) mass is 294 g/mol. The van der Waals surface area contributed by atoms with Crippen LogP contribution < -0.4 is 0 Å². The summed E-state index contributed by atoms with van der Waals surface area (Å²) in [5, 5.41) is 8.62. The first-order valence-corrected chi connectivity index (χ1v) is 8.17. The number of hydrogen-bond acceptors (Lipinski definition) is 3. The van der Waals surface area contributed by atoms with E-state index in [1.165, 1.54) is 4.31 Å². The minimum Gasteiger partial charge on any atom is -0.207 e. The molecule has 0 saturated carbocycles. The molecule has 0 heterocycles. The lowest BCUT2D eigenvalue weighted by Gasteiger charge is -2.25. The summed E-state index contributed by atoms with van der Waals surface area (Å²) in [6.07, 6.45) is 1.11. The lowest BCUT2D eigenvalue weighted by atomic mass is 10.1. The SMILES string of the molecule is CC(C)CC(C)N(C)S(=O)(=O)c1ccc(CC#N)cc1. The molecule has 1 atom stereocenters. The molecule has 0 fully saturated rings. The van der Waals surface area contributed by atoms with Gasteiger partial charge in [0.1, 0.15) is 0 Å². The molecule has 0 N–H and O–H groups in total. The summed E-state index contributed by atoms with van der Waals surface area (Å²) in [4.78, 5) is 0.275. The van der Waals surface area contributed by atoms with Crippen LogP contribution in [0.3, 0.4) is 0 Å². The van der Waals surface area contributed by atoms with Crippen LogP contribution in [0.5, 0.6) is 0 Å². The fourth-order valence-electron chi connectivity index (χ4n) is 2.10. The molecule has 4 nitrogen and oxygen atoms in total. The van der Waals surface area contributed by atoms with Gasteiger partial charge in [-0.1, -0.05) is 26.0 Å². The van der Waals surface area contributed by atoms with E-state index in [1.54, 1.807) is 31.3 Å². The third-order valence-electron chi connectivity index (χ3n) is 3.32. The van der Waals surface area contributed by atoms with Crippen molar-refractivity contribution in [2.45, 2.75) is 44.6 Å². The first-order chi connectivity index (χ1) is 9.28. The Morgan fingerprint density at radius 2 is 1.75 bits per heavy atom. The van der Waals surface area contributed by atoms with Gasteiger partial charge in [-0.15, -0.1) is 0 Å². The van der Waals surface area contributed by atoms with Crippen LogP contribution in [0, 0.1) is 17.2 Å². The largest absolute Gasteiger partial charge is 0.243 e. The van der Waals surface area contributed by atoms with E-state index in [-0.39, 0.29) is 10.9 Å². The summed E-state index contributed by atoms with van der Waals surface area (Å²) >= 11 is 0. The number of benzene rings is 1. The van der Waals surface area contributed by atoms with Gasteiger partial charge in [-0.3, -0.25) is 0 Å². The molecule has 1 aromatic carbocycles. The predicted molar refractivity (Wildman–Crippen MR) is 79.6 cm³/mol. The van der Waals surface area contributed by atoms with Crippen molar-refractivity contribution >= 4 is 10.0 Å². The molecule has 0 aromatic heterocycles. The average Bonchev–Trinajstić information content (AvgIpc) is 2.38. The predicted octanol–water partition coefficient (Wildman–Crippen LogP) is 2.81. The Labute approximate surface area is 122 Å². The first kappa shape index (κ1) is 16.7. The summed E-state index contributed by atoms with van der Waals surface area (Å²) in [5.74, 6) is 0.445. The van der Waals surface area contributed by atoms with E-state index in [0.717, 1.165) is 12.0 Å². The molecule has 0 aliphatic rings. The minimum atomic E-state index is -3.47. The molecular formula is C15H22N2O2S.